The van der Waals surface area contributed by atoms with Crippen LogP contribution in [0.5, 0.6) is 5.75 Å². The van der Waals surface area contributed by atoms with Crippen molar-refractivity contribution in [3.63, 3.8) is 0 Å². The Morgan fingerprint density at radius 2 is 1.79 bits per heavy atom. The first-order valence-electron chi connectivity index (χ1n) is 7.05. The third kappa shape index (κ3) is 6.60. The Hall–Kier alpha value is -1.06. The predicted octanol–water partition coefficient (Wildman–Crippen LogP) is 2.79. The third-order valence-corrected chi connectivity index (χ3v) is 3.45. The van der Waals surface area contributed by atoms with Gasteiger partial charge in [-0.05, 0) is 45.0 Å². The number of para-hydroxylation sites is 1. The Morgan fingerprint density at radius 1 is 1.16 bits per heavy atom. The van der Waals surface area contributed by atoms with Gasteiger partial charge < -0.3 is 14.7 Å². The molecule has 0 radical (unpaired) electrons. The molecule has 1 aromatic rings. The van der Waals surface area contributed by atoms with Gasteiger partial charge in [0.05, 0.1) is 13.2 Å². The van der Waals surface area contributed by atoms with E-state index in [2.05, 4.69) is 19.0 Å². The summed E-state index contributed by atoms with van der Waals surface area (Å²) in [5, 5.41) is 9.59. The van der Waals surface area contributed by atoms with E-state index < -0.39 is 0 Å². The highest BCUT2D eigenvalue weighted by Crippen LogP contribution is 2.24. The quantitative estimate of drug-likeness (QED) is 0.912. The van der Waals surface area contributed by atoms with Crippen molar-refractivity contribution < 1.29 is 9.84 Å². The second-order valence-electron chi connectivity index (χ2n) is 5.39. The smallest absolute Gasteiger partial charge is 0.118 e. The van der Waals surface area contributed by atoms with Gasteiger partial charge in [-0.1, -0.05) is 31.0 Å². The summed E-state index contributed by atoms with van der Waals surface area (Å²) in [5.74, 6) is 1.44. The zero-order chi connectivity index (χ0) is 14.1. The lowest BCUT2D eigenvalue weighted by atomic mass is 9.86. The average Bonchev–Trinajstić information content (AvgIpc) is 2.43. The number of methoxy groups -OCH3 is 1. The minimum atomic E-state index is -0.0360. The van der Waals surface area contributed by atoms with Gasteiger partial charge in [0.15, 0.2) is 0 Å². The lowest BCUT2D eigenvalue weighted by Crippen LogP contribution is -2.33. The maximum Gasteiger partial charge on any atom is 0.118 e. The largest absolute Gasteiger partial charge is 0.497 e. The molecule has 0 spiro atoms. The van der Waals surface area contributed by atoms with Gasteiger partial charge in [-0.15, -0.1) is 0 Å². The zero-order valence-corrected chi connectivity index (χ0v) is 12.4. The minimum Gasteiger partial charge on any atom is -0.497 e. The molecule has 1 aliphatic carbocycles. The van der Waals surface area contributed by atoms with Crippen LogP contribution in [0.3, 0.4) is 0 Å². The van der Waals surface area contributed by atoms with E-state index in [0.717, 1.165) is 18.7 Å². The molecule has 2 rings (SSSR count). The average molecular weight is 265 g/mol. The molecule has 0 aliphatic heterocycles. The summed E-state index contributed by atoms with van der Waals surface area (Å²) in [6, 6.07) is 9.68. The first kappa shape index (κ1) is 16.0. The van der Waals surface area contributed by atoms with Gasteiger partial charge >= 0.3 is 0 Å². The van der Waals surface area contributed by atoms with Gasteiger partial charge in [-0.3, -0.25) is 0 Å². The van der Waals surface area contributed by atoms with Gasteiger partial charge in [0, 0.05) is 6.54 Å². The van der Waals surface area contributed by atoms with Crippen molar-refractivity contribution in [1.29, 1.82) is 0 Å². The topological polar surface area (TPSA) is 32.7 Å². The lowest BCUT2D eigenvalue weighted by molar-refractivity contribution is 0.0555. The summed E-state index contributed by atoms with van der Waals surface area (Å²) in [6.45, 7) is 1.04. The van der Waals surface area contributed by atoms with Crippen LogP contribution in [0.15, 0.2) is 30.3 Å². The monoisotopic (exact) mass is 265 g/mol. The Labute approximate surface area is 117 Å². The summed E-state index contributed by atoms with van der Waals surface area (Å²) in [7, 11) is 5.80. The van der Waals surface area contributed by atoms with Crippen LogP contribution in [-0.2, 0) is 0 Å². The summed E-state index contributed by atoms with van der Waals surface area (Å²) >= 11 is 0. The summed E-state index contributed by atoms with van der Waals surface area (Å²) in [5.41, 5.74) is 0. The summed E-state index contributed by atoms with van der Waals surface area (Å²) in [6.07, 6.45) is 4.70. The Balaban J connectivity index is 0.000000200. The molecule has 1 fully saturated rings. The maximum absolute atomic E-state index is 9.59. The number of aliphatic hydroxyl groups is 1. The number of rotatable bonds is 3. The second-order valence-corrected chi connectivity index (χ2v) is 5.39. The molecular formula is C16H27NO2. The van der Waals surface area contributed by atoms with E-state index in [0.29, 0.717) is 5.92 Å². The van der Waals surface area contributed by atoms with Crippen LogP contribution in [0, 0.1) is 5.92 Å². The molecule has 3 heteroatoms. The van der Waals surface area contributed by atoms with E-state index in [1.807, 2.05) is 30.3 Å². The predicted molar refractivity (Wildman–Crippen MR) is 79.5 cm³/mol. The number of ether oxygens (including phenoxy) is 1. The van der Waals surface area contributed by atoms with Crippen LogP contribution in [0.25, 0.3) is 0 Å². The van der Waals surface area contributed by atoms with E-state index >= 15 is 0 Å². The minimum absolute atomic E-state index is 0.0360. The van der Waals surface area contributed by atoms with E-state index in [4.69, 9.17) is 4.74 Å². The van der Waals surface area contributed by atoms with Gasteiger partial charge in [-0.25, -0.2) is 0 Å². The van der Waals surface area contributed by atoms with Crippen LogP contribution < -0.4 is 4.74 Å². The number of nitrogens with zero attached hydrogens (tertiary/aromatic N) is 1. The molecule has 0 bridgehead atoms. The maximum atomic E-state index is 9.59. The number of benzene rings is 1. The van der Waals surface area contributed by atoms with Crippen LogP contribution >= 0.6 is 0 Å². The van der Waals surface area contributed by atoms with Gasteiger partial charge in [0.1, 0.15) is 5.75 Å². The second kappa shape index (κ2) is 8.94. The van der Waals surface area contributed by atoms with Crippen molar-refractivity contribution in [2.45, 2.75) is 31.8 Å². The Bertz CT molecular complexity index is 327. The van der Waals surface area contributed by atoms with Gasteiger partial charge in [0.25, 0.3) is 0 Å². The molecule has 19 heavy (non-hydrogen) atoms. The normalized spacial score (nSPS) is 22.6. The third-order valence-electron chi connectivity index (χ3n) is 3.45. The van der Waals surface area contributed by atoms with E-state index in [1.54, 1.807) is 7.11 Å². The first-order chi connectivity index (χ1) is 9.13. The van der Waals surface area contributed by atoms with Crippen molar-refractivity contribution in [3.05, 3.63) is 30.3 Å². The SMILES string of the molecule is CN(C)CC1CCCCC1O.COc1ccccc1. The highest BCUT2D eigenvalue weighted by atomic mass is 16.5. The Morgan fingerprint density at radius 3 is 2.26 bits per heavy atom. The zero-order valence-electron chi connectivity index (χ0n) is 12.4. The fourth-order valence-electron chi connectivity index (χ4n) is 2.43. The molecule has 1 aliphatic rings. The molecule has 0 heterocycles. The molecule has 1 saturated carbocycles. The van der Waals surface area contributed by atoms with Gasteiger partial charge in [-0.2, -0.15) is 0 Å². The molecule has 0 saturated heterocycles. The molecule has 108 valence electrons. The molecule has 3 nitrogen and oxygen atoms in total. The molecule has 0 amide bonds. The summed E-state index contributed by atoms with van der Waals surface area (Å²) < 4.78 is 4.91. The van der Waals surface area contributed by atoms with Gasteiger partial charge in [0.2, 0.25) is 0 Å². The lowest BCUT2D eigenvalue weighted by Gasteiger charge is -2.29. The number of hydrogen-bond donors (Lipinski definition) is 1. The first-order valence-corrected chi connectivity index (χ1v) is 7.05. The van der Waals surface area contributed by atoms with Crippen LogP contribution in [0.4, 0.5) is 0 Å². The Kier molecular flexibility index (Phi) is 7.53. The molecule has 1 N–H and O–H groups in total. The van der Waals surface area contributed by atoms with Crippen LogP contribution in [-0.4, -0.2) is 43.9 Å². The molecule has 0 aromatic heterocycles. The highest BCUT2D eigenvalue weighted by molar-refractivity contribution is 5.20. The summed E-state index contributed by atoms with van der Waals surface area (Å²) in [4.78, 5) is 2.17. The van der Waals surface area contributed by atoms with Crippen molar-refractivity contribution >= 4 is 0 Å². The molecule has 2 unspecified atom stereocenters. The van der Waals surface area contributed by atoms with E-state index in [-0.39, 0.29) is 6.10 Å². The van der Waals surface area contributed by atoms with E-state index in [9.17, 15) is 5.11 Å². The number of aliphatic hydroxyl groups excluding tert-OH is 1. The fraction of sp³-hybridized carbons (Fsp3) is 0.625. The van der Waals surface area contributed by atoms with Crippen molar-refractivity contribution in [3.8, 4) is 5.75 Å². The molecule has 1 aromatic carbocycles. The van der Waals surface area contributed by atoms with Crippen molar-refractivity contribution in [2.24, 2.45) is 5.92 Å². The molecular weight excluding hydrogens is 238 g/mol. The fourth-order valence-corrected chi connectivity index (χ4v) is 2.43. The standard InChI is InChI=1S/C9H19NO.C7H8O/c1-10(2)7-8-5-3-4-6-9(8)11;1-8-7-5-3-2-4-6-7/h8-9,11H,3-7H2,1-2H3;2-6H,1H3. The van der Waals surface area contributed by atoms with Crippen molar-refractivity contribution in [2.75, 3.05) is 27.7 Å². The van der Waals surface area contributed by atoms with Crippen LogP contribution in [0.2, 0.25) is 0 Å². The molecule has 2 atom stereocenters. The number of hydrogen-bond acceptors (Lipinski definition) is 3. The van der Waals surface area contributed by atoms with E-state index in [1.165, 1.54) is 19.3 Å². The van der Waals surface area contributed by atoms with Crippen LogP contribution in [0.1, 0.15) is 25.7 Å². The van der Waals surface area contributed by atoms with Crippen molar-refractivity contribution in [1.82, 2.24) is 4.90 Å². The highest BCUT2D eigenvalue weighted by Gasteiger charge is 2.22.